The Kier molecular flexibility index (Phi) is 5.58. The van der Waals surface area contributed by atoms with Gasteiger partial charge >= 0.3 is 0 Å². The summed E-state index contributed by atoms with van der Waals surface area (Å²) in [6, 6.07) is 15.8. The summed E-state index contributed by atoms with van der Waals surface area (Å²) in [6.45, 7) is 0.755. The van der Waals surface area contributed by atoms with Gasteiger partial charge in [-0.1, -0.05) is 48.0 Å². The summed E-state index contributed by atoms with van der Waals surface area (Å²) in [5, 5.41) is 5.12. The number of hydrogen-bond donors (Lipinski definition) is 2. The highest BCUT2D eigenvalue weighted by Crippen LogP contribution is 2.26. The predicted molar refractivity (Wildman–Crippen MR) is 116 cm³/mol. The molecule has 0 amide bonds. The Balaban J connectivity index is 1.38. The first-order valence-electron chi connectivity index (χ1n) is 9.44. The van der Waals surface area contributed by atoms with E-state index in [0.717, 1.165) is 40.0 Å². The maximum atomic E-state index is 12.7. The van der Waals surface area contributed by atoms with E-state index in [9.17, 15) is 8.42 Å². The molecule has 2 heterocycles. The van der Waals surface area contributed by atoms with E-state index in [4.69, 9.17) is 11.6 Å². The van der Waals surface area contributed by atoms with E-state index in [-0.39, 0.29) is 17.5 Å². The number of aromatic nitrogens is 1. The highest BCUT2D eigenvalue weighted by molar-refractivity contribution is 7.90. The number of fused-ring (bicyclic) bond motifs is 1. The van der Waals surface area contributed by atoms with Gasteiger partial charge in [-0.2, -0.15) is 0 Å². The van der Waals surface area contributed by atoms with E-state index in [2.05, 4.69) is 16.4 Å². The van der Waals surface area contributed by atoms with Crippen molar-refractivity contribution >= 4 is 37.9 Å². The molecular weight excluding hydrogens is 392 g/mol. The number of aromatic amines is 1. The smallest absolute Gasteiger partial charge is 0.154 e. The first-order valence-corrected chi connectivity index (χ1v) is 11.6. The van der Waals surface area contributed by atoms with Gasteiger partial charge in [-0.15, -0.1) is 0 Å². The SMILES string of the molecule is O=S(=O)(CCC1CC(c2ccc(Cl)cc2)=CCN1)Cc1c[nH]c2ccccc12. The summed E-state index contributed by atoms with van der Waals surface area (Å²) in [7, 11) is -3.18. The van der Waals surface area contributed by atoms with Gasteiger partial charge in [-0.25, -0.2) is 8.42 Å². The third-order valence-corrected chi connectivity index (χ3v) is 7.12. The molecule has 146 valence electrons. The van der Waals surface area contributed by atoms with Crippen LogP contribution < -0.4 is 5.32 Å². The molecule has 4 rings (SSSR count). The highest BCUT2D eigenvalue weighted by atomic mass is 35.5. The summed E-state index contributed by atoms with van der Waals surface area (Å²) < 4.78 is 25.4. The number of sulfone groups is 1. The standard InChI is InChI=1S/C22H23ClN2O2S/c23-19-7-5-16(6-8-19)17-9-11-24-20(13-17)10-12-28(26,27)15-18-14-25-22-4-2-1-3-21(18)22/h1-9,14,20,24-25H,10-13,15H2. The maximum absolute atomic E-state index is 12.7. The van der Waals surface area contributed by atoms with Crippen molar-refractivity contribution in [3.8, 4) is 0 Å². The number of hydrogen-bond acceptors (Lipinski definition) is 3. The fourth-order valence-corrected chi connectivity index (χ4v) is 5.38. The molecule has 1 aliphatic heterocycles. The second-order valence-electron chi connectivity index (χ2n) is 7.29. The predicted octanol–water partition coefficient (Wildman–Crippen LogP) is 4.57. The van der Waals surface area contributed by atoms with Gasteiger partial charge in [0.15, 0.2) is 9.84 Å². The molecule has 2 N–H and O–H groups in total. The molecule has 1 aromatic heterocycles. The zero-order valence-electron chi connectivity index (χ0n) is 15.5. The normalized spacial score (nSPS) is 17.6. The summed E-state index contributed by atoms with van der Waals surface area (Å²) in [6.07, 6.45) is 5.41. The third-order valence-electron chi connectivity index (χ3n) is 5.26. The molecule has 4 nitrogen and oxygen atoms in total. The zero-order chi connectivity index (χ0) is 19.6. The van der Waals surface area contributed by atoms with E-state index in [1.165, 1.54) is 5.57 Å². The summed E-state index contributed by atoms with van der Waals surface area (Å²) in [5.41, 5.74) is 4.21. The molecule has 0 bridgehead atoms. The zero-order valence-corrected chi connectivity index (χ0v) is 17.1. The highest BCUT2D eigenvalue weighted by Gasteiger charge is 2.21. The molecule has 0 saturated heterocycles. The van der Waals surface area contributed by atoms with E-state index in [0.29, 0.717) is 6.42 Å². The molecule has 6 heteroatoms. The molecule has 1 unspecified atom stereocenters. The van der Waals surface area contributed by atoms with E-state index in [1.54, 1.807) is 0 Å². The van der Waals surface area contributed by atoms with Gasteiger partial charge in [-0.3, -0.25) is 0 Å². The van der Waals surface area contributed by atoms with Crippen LogP contribution in [0.15, 0.2) is 60.8 Å². The first-order chi connectivity index (χ1) is 13.5. The van der Waals surface area contributed by atoms with Crippen molar-refractivity contribution in [3.05, 3.63) is 77.0 Å². The molecule has 0 saturated carbocycles. The van der Waals surface area contributed by atoms with Crippen molar-refractivity contribution in [2.45, 2.75) is 24.6 Å². The number of halogens is 1. The number of para-hydroxylation sites is 1. The Hall–Kier alpha value is -2.08. The Bertz CT molecular complexity index is 1100. The van der Waals surface area contributed by atoms with Crippen molar-refractivity contribution in [1.82, 2.24) is 10.3 Å². The van der Waals surface area contributed by atoms with Crippen molar-refractivity contribution < 1.29 is 8.42 Å². The Morgan fingerprint density at radius 2 is 1.86 bits per heavy atom. The van der Waals surface area contributed by atoms with Gasteiger partial charge in [0.25, 0.3) is 0 Å². The van der Waals surface area contributed by atoms with Crippen LogP contribution in [-0.2, 0) is 15.6 Å². The Morgan fingerprint density at radius 3 is 2.68 bits per heavy atom. The van der Waals surface area contributed by atoms with Gasteiger partial charge in [0, 0.05) is 34.7 Å². The minimum Gasteiger partial charge on any atom is -0.361 e. The molecule has 2 aromatic carbocycles. The Morgan fingerprint density at radius 1 is 1.07 bits per heavy atom. The van der Waals surface area contributed by atoms with Gasteiger partial charge in [-0.05, 0) is 47.7 Å². The van der Waals surface area contributed by atoms with Crippen molar-refractivity contribution in [2.75, 3.05) is 12.3 Å². The van der Waals surface area contributed by atoms with Crippen LogP contribution in [0.4, 0.5) is 0 Å². The molecule has 0 fully saturated rings. The first kappa shape index (κ1) is 19.2. The lowest BCUT2D eigenvalue weighted by Crippen LogP contribution is -2.34. The van der Waals surface area contributed by atoms with E-state index >= 15 is 0 Å². The molecule has 1 atom stereocenters. The number of rotatable bonds is 6. The van der Waals surface area contributed by atoms with Gasteiger partial charge < -0.3 is 10.3 Å². The topological polar surface area (TPSA) is 62.0 Å². The summed E-state index contributed by atoms with van der Waals surface area (Å²) in [4.78, 5) is 3.15. The number of benzene rings is 2. The minimum atomic E-state index is -3.18. The molecule has 0 aliphatic carbocycles. The molecule has 0 spiro atoms. The lowest BCUT2D eigenvalue weighted by Gasteiger charge is -2.24. The van der Waals surface area contributed by atoms with E-state index < -0.39 is 9.84 Å². The average Bonchev–Trinajstić information content (AvgIpc) is 3.10. The monoisotopic (exact) mass is 414 g/mol. The van der Waals surface area contributed by atoms with Crippen LogP contribution in [0.25, 0.3) is 16.5 Å². The number of H-pyrrole nitrogens is 1. The summed E-state index contributed by atoms with van der Waals surface area (Å²) in [5.74, 6) is 0.252. The van der Waals surface area contributed by atoms with Crippen LogP contribution in [0, 0.1) is 0 Å². The fourth-order valence-electron chi connectivity index (χ4n) is 3.76. The lowest BCUT2D eigenvalue weighted by molar-refractivity contribution is 0.515. The average molecular weight is 415 g/mol. The third kappa shape index (κ3) is 4.49. The Labute approximate surface area is 170 Å². The van der Waals surface area contributed by atoms with Crippen LogP contribution >= 0.6 is 11.6 Å². The second kappa shape index (κ2) is 8.11. The van der Waals surface area contributed by atoms with Crippen molar-refractivity contribution in [3.63, 3.8) is 0 Å². The van der Waals surface area contributed by atoms with Crippen LogP contribution in [0.1, 0.15) is 24.0 Å². The van der Waals surface area contributed by atoms with Crippen molar-refractivity contribution in [1.29, 1.82) is 0 Å². The molecule has 28 heavy (non-hydrogen) atoms. The van der Waals surface area contributed by atoms with Crippen LogP contribution in [0.3, 0.4) is 0 Å². The number of nitrogens with one attached hydrogen (secondary N) is 2. The van der Waals surface area contributed by atoms with E-state index in [1.807, 2.05) is 54.7 Å². The maximum Gasteiger partial charge on any atom is 0.154 e. The van der Waals surface area contributed by atoms with Crippen LogP contribution in [0.2, 0.25) is 5.02 Å². The summed E-state index contributed by atoms with van der Waals surface area (Å²) >= 11 is 5.97. The lowest BCUT2D eigenvalue weighted by atomic mass is 9.94. The van der Waals surface area contributed by atoms with Gasteiger partial charge in [0.05, 0.1) is 11.5 Å². The molecule has 0 radical (unpaired) electrons. The molecule has 1 aliphatic rings. The van der Waals surface area contributed by atoms with Gasteiger partial charge in [0.1, 0.15) is 0 Å². The van der Waals surface area contributed by atoms with Gasteiger partial charge in [0.2, 0.25) is 0 Å². The van der Waals surface area contributed by atoms with Crippen molar-refractivity contribution in [2.24, 2.45) is 0 Å². The fraction of sp³-hybridized carbons (Fsp3) is 0.273. The van der Waals surface area contributed by atoms with Crippen LogP contribution in [-0.4, -0.2) is 31.7 Å². The largest absolute Gasteiger partial charge is 0.361 e. The second-order valence-corrected chi connectivity index (χ2v) is 9.91. The molecule has 3 aromatic rings. The van der Waals surface area contributed by atoms with Crippen LogP contribution in [0.5, 0.6) is 0 Å². The molecular formula is C22H23ClN2O2S. The quantitative estimate of drug-likeness (QED) is 0.621. The minimum absolute atomic E-state index is 0.0730.